The van der Waals surface area contributed by atoms with Crippen molar-refractivity contribution in [3.05, 3.63) is 52.3 Å². The van der Waals surface area contributed by atoms with Gasteiger partial charge in [0.2, 0.25) is 5.91 Å². The zero-order valence-electron chi connectivity index (χ0n) is 19.1. The van der Waals surface area contributed by atoms with Crippen LogP contribution < -0.4 is 10.9 Å². The Kier molecular flexibility index (Phi) is 8.86. The van der Waals surface area contributed by atoms with E-state index >= 15 is 0 Å². The fourth-order valence-corrected chi connectivity index (χ4v) is 4.32. The van der Waals surface area contributed by atoms with Gasteiger partial charge in [-0.15, -0.1) is 0 Å². The molecule has 1 heterocycles. The summed E-state index contributed by atoms with van der Waals surface area (Å²) in [6.07, 6.45) is 13.4. The summed E-state index contributed by atoms with van der Waals surface area (Å²) >= 11 is 0. The number of nitrogens with one attached hydrogen (secondary N) is 1. The van der Waals surface area contributed by atoms with Crippen molar-refractivity contribution >= 4 is 5.91 Å². The van der Waals surface area contributed by atoms with Gasteiger partial charge >= 0.3 is 0 Å². The van der Waals surface area contributed by atoms with E-state index in [1.807, 2.05) is 31.2 Å². The van der Waals surface area contributed by atoms with Crippen LogP contribution in [0.4, 0.5) is 0 Å². The van der Waals surface area contributed by atoms with E-state index in [2.05, 4.69) is 10.4 Å². The van der Waals surface area contributed by atoms with Gasteiger partial charge in [0.05, 0.1) is 5.69 Å². The van der Waals surface area contributed by atoms with Gasteiger partial charge in [0.15, 0.2) is 0 Å². The minimum atomic E-state index is -0.640. The summed E-state index contributed by atoms with van der Waals surface area (Å²) in [4.78, 5) is 25.5. The predicted molar refractivity (Wildman–Crippen MR) is 126 cm³/mol. The number of rotatable bonds is 4. The van der Waals surface area contributed by atoms with Crippen LogP contribution in [0.1, 0.15) is 89.2 Å². The highest BCUT2D eigenvalue weighted by Gasteiger charge is 2.21. The van der Waals surface area contributed by atoms with Gasteiger partial charge in [-0.1, -0.05) is 87.6 Å². The second kappa shape index (κ2) is 11.8. The highest BCUT2D eigenvalue weighted by molar-refractivity contribution is 5.80. The lowest BCUT2D eigenvalue weighted by molar-refractivity contribution is -0.125. The zero-order chi connectivity index (χ0) is 22.1. The maximum absolute atomic E-state index is 13.0. The molecule has 1 aromatic carbocycles. The van der Waals surface area contributed by atoms with E-state index in [0.717, 1.165) is 31.2 Å². The van der Waals surface area contributed by atoms with Gasteiger partial charge in [0, 0.05) is 17.7 Å². The smallest absolute Gasteiger partial charge is 0.267 e. The Morgan fingerprint density at radius 2 is 1.45 bits per heavy atom. The molecule has 1 fully saturated rings. The Labute approximate surface area is 186 Å². The molecule has 31 heavy (non-hydrogen) atoms. The SMILES string of the molecule is Cc1ccc(-c2ccc(=O)n(C(C)C(=O)NC3CCCCCCCCCCC3)n2)cc1. The average Bonchev–Trinajstić information content (AvgIpc) is 2.76. The van der Waals surface area contributed by atoms with E-state index in [1.165, 1.54) is 61.3 Å². The third kappa shape index (κ3) is 7.05. The number of nitrogens with zero attached hydrogens (tertiary/aromatic N) is 2. The Morgan fingerprint density at radius 1 is 0.903 bits per heavy atom. The van der Waals surface area contributed by atoms with Gasteiger partial charge in [-0.3, -0.25) is 9.59 Å². The number of aryl methyl sites for hydroxylation is 1. The molecule has 0 aliphatic heterocycles. The van der Waals surface area contributed by atoms with E-state index in [0.29, 0.717) is 5.69 Å². The van der Waals surface area contributed by atoms with Gasteiger partial charge in [-0.2, -0.15) is 5.10 Å². The van der Waals surface area contributed by atoms with Crippen LogP contribution in [0.25, 0.3) is 11.3 Å². The molecule has 0 radical (unpaired) electrons. The molecule has 1 unspecified atom stereocenters. The standard InChI is InChI=1S/C26H37N3O2/c1-20-14-16-22(17-15-20)24-18-19-25(30)29(28-24)21(2)26(31)27-23-12-10-8-6-4-3-5-7-9-11-13-23/h14-19,21,23H,3-13H2,1-2H3,(H,27,31). The lowest BCUT2D eigenvalue weighted by Crippen LogP contribution is -2.42. The fourth-order valence-electron chi connectivity index (χ4n) is 4.32. The summed E-state index contributed by atoms with van der Waals surface area (Å²) in [6, 6.07) is 10.8. The highest BCUT2D eigenvalue weighted by Crippen LogP contribution is 2.19. The van der Waals surface area contributed by atoms with Gasteiger partial charge in [0.1, 0.15) is 6.04 Å². The summed E-state index contributed by atoms with van der Waals surface area (Å²) < 4.78 is 1.32. The van der Waals surface area contributed by atoms with Crippen molar-refractivity contribution in [1.29, 1.82) is 0 Å². The topological polar surface area (TPSA) is 64.0 Å². The number of benzene rings is 1. The number of hydrogen-bond donors (Lipinski definition) is 1. The van der Waals surface area contributed by atoms with Crippen LogP contribution in [0.3, 0.4) is 0 Å². The van der Waals surface area contributed by atoms with E-state index in [9.17, 15) is 9.59 Å². The predicted octanol–water partition coefficient (Wildman–Crippen LogP) is 5.57. The first-order chi connectivity index (χ1) is 15.0. The van der Waals surface area contributed by atoms with Gasteiger partial charge in [-0.05, 0) is 32.8 Å². The van der Waals surface area contributed by atoms with Crippen molar-refractivity contribution in [2.75, 3.05) is 0 Å². The first-order valence-corrected chi connectivity index (χ1v) is 12.0. The summed E-state index contributed by atoms with van der Waals surface area (Å²) in [5.74, 6) is -0.118. The molecule has 1 atom stereocenters. The first kappa shape index (κ1) is 23.2. The van der Waals surface area contributed by atoms with Crippen molar-refractivity contribution in [1.82, 2.24) is 15.1 Å². The second-order valence-corrected chi connectivity index (χ2v) is 9.01. The Bertz CT molecular complexity index is 876. The molecule has 0 bridgehead atoms. The molecular formula is C26H37N3O2. The van der Waals surface area contributed by atoms with Crippen molar-refractivity contribution < 1.29 is 4.79 Å². The van der Waals surface area contributed by atoms with Gasteiger partial charge in [-0.25, -0.2) is 4.68 Å². The monoisotopic (exact) mass is 423 g/mol. The van der Waals surface area contributed by atoms with E-state index < -0.39 is 6.04 Å². The number of aromatic nitrogens is 2. The van der Waals surface area contributed by atoms with Gasteiger partial charge in [0.25, 0.3) is 5.56 Å². The Morgan fingerprint density at radius 3 is 2.03 bits per heavy atom. The van der Waals surface area contributed by atoms with Crippen LogP contribution in [-0.2, 0) is 4.79 Å². The number of hydrogen-bond acceptors (Lipinski definition) is 3. The van der Waals surface area contributed by atoms with E-state index in [1.54, 1.807) is 13.0 Å². The molecular weight excluding hydrogens is 386 g/mol. The molecule has 5 nitrogen and oxygen atoms in total. The van der Waals surface area contributed by atoms with Crippen LogP contribution in [0.2, 0.25) is 0 Å². The maximum Gasteiger partial charge on any atom is 0.267 e. The second-order valence-electron chi connectivity index (χ2n) is 9.01. The minimum Gasteiger partial charge on any atom is -0.352 e. The summed E-state index contributed by atoms with van der Waals surface area (Å²) in [5, 5.41) is 7.74. The third-order valence-electron chi connectivity index (χ3n) is 6.37. The zero-order valence-corrected chi connectivity index (χ0v) is 19.1. The molecule has 3 rings (SSSR count). The van der Waals surface area contributed by atoms with Crippen LogP contribution in [0, 0.1) is 6.92 Å². The van der Waals surface area contributed by atoms with Crippen molar-refractivity contribution in [2.24, 2.45) is 0 Å². The quantitative estimate of drug-likeness (QED) is 0.699. The third-order valence-corrected chi connectivity index (χ3v) is 6.37. The van der Waals surface area contributed by atoms with Crippen LogP contribution in [0.5, 0.6) is 0 Å². The van der Waals surface area contributed by atoms with Gasteiger partial charge < -0.3 is 5.32 Å². The summed E-state index contributed by atoms with van der Waals surface area (Å²) in [6.45, 7) is 3.80. The fraction of sp³-hybridized carbons (Fsp3) is 0.577. The molecule has 1 amide bonds. The molecule has 1 saturated carbocycles. The molecule has 168 valence electrons. The Hall–Kier alpha value is -2.43. The maximum atomic E-state index is 13.0. The van der Waals surface area contributed by atoms with Crippen LogP contribution in [-0.4, -0.2) is 21.7 Å². The molecule has 0 spiro atoms. The number of carbonyl (C=O) groups excluding carboxylic acids is 1. The molecule has 1 aromatic heterocycles. The molecule has 5 heteroatoms. The van der Waals surface area contributed by atoms with E-state index in [4.69, 9.17) is 0 Å². The minimum absolute atomic E-state index is 0.118. The normalized spacial score (nSPS) is 17.9. The molecule has 0 saturated heterocycles. The van der Waals surface area contributed by atoms with Crippen molar-refractivity contribution in [3.8, 4) is 11.3 Å². The first-order valence-electron chi connectivity index (χ1n) is 12.0. The van der Waals surface area contributed by atoms with Crippen LogP contribution >= 0.6 is 0 Å². The van der Waals surface area contributed by atoms with Crippen molar-refractivity contribution in [2.45, 2.75) is 96.6 Å². The largest absolute Gasteiger partial charge is 0.352 e. The average molecular weight is 424 g/mol. The summed E-state index contributed by atoms with van der Waals surface area (Å²) in [5.41, 5.74) is 2.55. The molecule has 1 aliphatic carbocycles. The highest BCUT2D eigenvalue weighted by atomic mass is 16.2. The summed E-state index contributed by atoms with van der Waals surface area (Å²) in [7, 11) is 0. The molecule has 1 aliphatic rings. The number of amides is 1. The Balaban J connectivity index is 1.68. The lowest BCUT2D eigenvalue weighted by atomic mass is 9.98. The van der Waals surface area contributed by atoms with Crippen LogP contribution in [0.15, 0.2) is 41.2 Å². The molecule has 2 aromatic rings. The lowest BCUT2D eigenvalue weighted by Gasteiger charge is -2.22. The molecule has 1 N–H and O–H groups in total. The van der Waals surface area contributed by atoms with E-state index in [-0.39, 0.29) is 17.5 Å². The number of carbonyl (C=O) groups is 1. The van der Waals surface area contributed by atoms with Crippen molar-refractivity contribution in [3.63, 3.8) is 0 Å².